The summed E-state index contributed by atoms with van der Waals surface area (Å²) in [6, 6.07) is 5.01. The third kappa shape index (κ3) is 2.00. The van der Waals surface area contributed by atoms with Crippen molar-refractivity contribution in [2.24, 2.45) is 0 Å². The number of aryl methyl sites for hydroxylation is 1. The van der Waals surface area contributed by atoms with Crippen LogP contribution in [-0.2, 0) is 6.54 Å². The molecule has 0 radical (unpaired) electrons. The van der Waals surface area contributed by atoms with Gasteiger partial charge in [0.05, 0.1) is 10.4 Å². The summed E-state index contributed by atoms with van der Waals surface area (Å²) in [5.74, 6) is 0.900. The number of rotatable bonds is 4. The van der Waals surface area contributed by atoms with Crippen LogP contribution in [0.4, 0.5) is 5.69 Å². The Balaban J connectivity index is 2.74. The molecule has 0 N–H and O–H groups in total. The average Bonchev–Trinajstić information content (AvgIpc) is 2.66. The van der Waals surface area contributed by atoms with E-state index in [4.69, 9.17) is 0 Å². The van der Waals surface area contributed by atoms with E-state index in [1.807, 2.05) is 24.5 Å². The average molecular weight is 251 g/mol. The minimum absolute atomic E-state index is 0.125. The highest BCUT2D eigenvalue weighted by atomic mass is 32.2. The Labute approximate surface area is 103 Å². The molecule has 0 amide bonds. The highest BCUT2D eigenvalue weighted by Gasteiger charge is 2.19. The number of hydrogen-bond donors (Lipinski definition) is 0. The van der Waals surface area contributed by atoms with E-state index in [2.05, 4.69) is 4.98 Å². The van der Waals surface area contributed by atoms with Crippen molar-refractivity contribution >= 4 is 28.5 Å². The first kappa shape index (κ1) is 11.9. The molecule has 1 heterocycles. The summed E-state index contributed by atoms with van der Waals surface area (Å²) in [5.41, 5.74) is 1.44. The van der Waals surface area contributed by atoms with Crippen molar-refractivity contribution in [2.45, 2.75) is 25.5 Å². The van der Waals surface area contributed by atoms with E-state index in [1.165, 1.54) is 6.07 Å². The highest BCUT2D eigenvalue weighted by molar-refractivity contribution is 7.99. The molecule has 1 aromatic carbocycles. The third-order valence-corrected chi connectivity index (χ3v) is 3.36. The number of imidazole rings is 1. The van der Waals surface area contributed by atoms with Gasteiger partial charge >= 0.3 is 0 Å². The Bertz CT molecular complexity index is 565. The molecule has 0 saturated heterocycles. The van der Waals surface area contributed by atoms with Crippen LogP contribution >= 0.6 is 11.8 Å². The molecule has 0 unspecified atom stereocenters. The number of non-ortho nitro benzene ring substituents is 1. The van der Waals surface area contributed by atoms with Crippen LogP contribution in [0.5, 0.6) is 0 Å². The molecule has 17 heavy (non-hydrogen) atoms. The summed E-state index contributed by atoms with van der Waals surface area (Å²) in [4.78, 5) is 15.1. The maximum atomic E-state index is 11.0. The molecule has 1 aromatic heterocycles. The first-order chi connectivity index (χ1) is 8.19. The predicted octanol–water partition coefficient (Wildman–Crippen LogP) is 3.08. The van der Waals surface area contributed by atoms with Gasteiger partial charge in [0.25, 0.3) is 5.69 Å². The van der Waals surface area contributed by atoms with Gasteiger partial charge in [-0.25, -0.2) is 4.98 Å². The Morgan fingerprint density at radius 3 is 2.82 bits per heavy atom. The minimum atomic E-state index is -0.351. The fourth-order valence-electron chi connectivity index (χ4n) is 1.83. The van der Waals surface area contributed by atoms with Crippen LogP contribution in [-0.4, -0.2) is 20.2 Å². The summed E-state index contributed by atoms with van der Waals surface area (Å²) >= 11 is 1.60. The van der Waals surface area contributed by atoms with Crippen LogP contribution in [0.3, 0.4) is 0 Å². The van der Waals surface area contributed by atoms with Crippen LogP contribution in [0.1, 0.15) is 13.8 Å². The van der Waals surface area contributed by atoms with Crippen molar-refractivity contribution in [3.63, 3.8) is 0 Å². The molecule has 2 aromatic rings. The standard InChI is InChI=1S/C11H13N3O2S/c1-3-13-10-8(12-11(13)17-4-2)6-5-7-9(10)14(15)16/h5-7H,3-4H2,1-2H3. The zero-order chi connectivity index (χ0) is 12.4. The molecule has 0 fully saturated rings. The third-order valence-electron chi connectivity index (χ3n) is 2.50. The van der Waals surface area contributed by atoms with Gasteiger partial charge in [0.15, 0.2) is 5.16 Å². The molecule has 0 saturated carbocycles. The predicted molar refractivity (Wildman–Crippen MR) is 68.5 cm³/mol. The number of aromatic nitrogens is 2. The Hall–Kier alpha value is -1.56. The van der Waals surface area contributed by atoms with Crippen molar-refractivity contribution in [1.82, 2.24) is 9.55 Å². The van der Waals surface area contributed by atoms with E-state index in [9.17, 15) is 10.1 Å². The van der Waals surface area contributed by atoms with Crippen LogP contribution in [0.25, 0.3) is 11.0 Å². The summed E-state index contributed by atoms with van der Waals surface area (Å²) in [6.45, 7) is 4.69. The number of nitro groups is 1. The van der Waals surface area contributed by atoms with Gasteiger partial charge in [-0.05, 0) is 18.7 Å². The molecule has 0 aliphatic heterocycles. The number of nitro benzene ring substituents is 1. The van der Waals surface area contributed by atoms with Crippen LogP contribution in [0.15, 0.2) is 23.4 Å². The van der Waals surface area contributed by atoms with Gasteiger partial charge in [-0.3, -0.25) is 10.1 Å². The second kappa shape index (κ2) is 4.75. The quantitative estimate of drug-likeness (QED) is 0.476. The zero-order valence-corrected chi connectivity index (χ0v) is 10.5. The summed E-state index contributed by atoms with van der Waals surface area (Å²) in [7, 11) is 0. The molecule has 90 valence electrons. The van der Waals surface area contributed by atoms with E-state index < -0.39 is 0 Å². The van der Waals surface area contributed by atoms with Crippen molar-refractivity contribution in [3.05, 3.63) is 28.3 Å². The molecule has 0 spiro atoms. The number of benzene rings is 1. The van der Waals surface area contributed by atoms with Gasteiger partial charge in [-0.2, -0.15) is 0 Å². The Morgan fingerprint density at radius 2 is 2.24 bits per heavy atom. The topological polar surface area (TPSA) is 61.0 Å². The zero-order valence-electron chi connectivity index (χ0n) is 9.71. The Kier molecular flexibility index (Phi) is 3.33. The molecular weight excluding hydrogens is 238 g/mol. The van der Waals surface area contributed by atoms with Gasteiger partial charge in [0, 0.05) is 12.6 Å². The van der Waals surface area contributed by atoms with Gasteiger partial charge in [0.1, 0.15) is 5.52 Å². The minimum Gasteiger partial charge on any atom is -0.314 e. The number of para-hydroxylation sites is 1. The lowest BCUT2D eigenvalue weighted by molar-refractivity contribution is -0.383. The number of fused-ring (bicyclic) bond motifs is 1. The van der Waals surface area contributed by atoms with Gasteiger partial charge in [-0.15, -0.1) is 0 Å². The molecule has 2 rings (SSSR count). The molecular formula is C11H13N3O2S. The van der Waals surface area contributed by atoms with E-state index in [-0.39, 0.29) is 10.6 Å². The second-order valence-corrected chi connectivity index (χ2v) is 4.70. The van der Waals surface area contributed by atoms with E-state index in [1.54, 1.807) is 17.8 Å². The fourth-order valence-corrected chi connectivity index (χ4v) is 2.62. The number of nitrogens with zero attached hydrogens (tertiary/aromatic N) is 3. The molecule has 6 heteroatoms. The van der Waals surface area contributed by atoms with Crippen molar-refractivity contribution < 1.29 is 4.92 Å². The van der Waals surface area contributed by atoms with Crippen LogP contribution in [0, 0.1) is 10.1 Å². The molecule has 0 aliphatic rings. The lowest BCUT2D eigenvalue weighted by Crippen LogP contribution is -1.99. The van der Waals surface area contributed by atoms with Gasteiger partial charge < -0.3 is 4.57 Å². The van der Waals surface area contributed by atoms with Gasteiger partial charge in [-0.1, -0.05) is 24.8 Å². The summed E-state index contributed by atoms with van der Waals surface area (Å²) in [6.07, 6.45) is 0. The largest absolute Gasteiger partial charge is 0.314 e. The van der Waals surface area contributed by atoms with E-state index in [0.717, 1.165) is 10.9 Å². The number of hydrogen-bond acceptors (Lipinski definition) is 4. The number of thioether (sulfide) groups is 1. The SMILES string of the molecule is CCSc1nc2cccc([N+](=O)[O-])c2n1CC. The summed E-state index contributed by atoms with van der Waals surface area (Å²) in [5, 5.41) is 11.9. The molecule has 5 nitrogen and oxygen atoms in total. The first-order valence-electron chi connectivity index (χ1n) is 5.45. The van der Waals surface area contributed by atoms with Gasteiger partial charge in [0.2, 0.25) is 0 Å². The van der Waals surface area contributed by atoms with Crippen molar-refractivity contribution in [1.29, 1.82) is 0 Å². The normalized spacial score (nSPS) is 10.9. The molecule has 0 bridgehead atoms. The van der Waals surface area contributed by atoms with Crippen LogP contribution in [0.2, 0.25) is 0 Å². The van der Waals surface area contributed by atoms with E-state index >= 15 is 0 Å². The fraction of sp³-hybridized carbons (Fsp3) is 0.364. The lowest BCUT2D eigenvalue weighted by Gasteiger charge is -2.04. The summed E-state index contributed by atoms with van der Waals surface area (Å²) < 4.78 is 1.90. The van der Waals surface area contributed by atoms with Crippen molar-refractivity contribution in [2.75, 3.05) is 5.75 Å². The maximum Gasteiger partial charge on any atom is 0.295 e. The monoisotopic (exact) mass is 251 g/mol. The van der Waals surface area contributed by atoms with E-state index in [0.29, 0.717) is 17.6 Å². The molecule has 0 atom stereocenters. The highest BCUT2D eigenvalue weighted by Crippen LogP contribution is 2.30. The van der Waals surface area contributed by atoms with Crippen molar-refractivity contribution in [3.8, 4) is 0 Å². The lowest BCUT2D eigenvalue weighted by atomic mass is 10.2. The first-order valence-corrected chi connectivity index (χ1v) is 6.44. The maximum absolute atomic E-state index is 11.0. The Morgan fingerprint density at radius 1 is 1.47 bits per heavy atom. The smallest absolute Gasteiger partial charge is 0.295 e. The molecule has 0 aliphatic carbocycles. The van der Waals surface area contributed by atoms with Crippen LogP contribution < -0.4 is 0 Å². The second-order valence-electron chi connectivity index (χ2n) is 3.47.